The number of hydrogen-bond acceptors (Lipinski definition) is 3. The van der Waals surface area contributed by atoms with Gasteiger partial charge < -0.3 is 5.32 Å². The van der Waals surface area contributed by atoms with Crippen LogP contribution in [0.2, 0.25) is 0 Å². The first-order valence-electron chi connectivity index (χ1n) is 8.33. The van der Waals surface area contributed by atoms with Gasteiger partial charge in [-0.25, -0.2) is 4.68 Å². The van der Waals surface area contributed by atoms with Crippen LogP contribution in [0, 0.1) is 13.8 Å². The minimum absolute atomic E-state index is 0.00438. The van der Waals surface area contributed by atoms with E-state index in [1.807, 2.05) is 13.8 Å². The molecule has 0 spiro atoms. The summed E-state index contributed by atoms with van der Waals surface area (Å²) < 4.78 is 43.3. The zero-order valence-corrected chi connectivity index (χ0v) is 16.7. The normalized spacial score (nSPS) is 11.6. The Morgan fingerprint density at radius 3 is 2.54 bits per heavy atom. The molecule has 1 N–H and O–H groups in total. The van der Waals surface area contributed by atoms with Crippen LogP contribution in [0.15, 0.2) is 41.0 Å². The fraction of sp³-hybridized carbons (Fsp3) is 0.278. The maximum atomic E-state index is 13.0. The maximum absolute atomic E-state index is 13.0. The van der Waals surface area contributed by atoms with E-state index in [1.54, 1.807) is 10.9 Å². The van der Waals surface area contributed by atoms with E-state index in [4.69, 9.17) is 0 Å². The molecule has 0 aliphatic heterocycles. The molecule has 0 aliphatic rings. The maximum Gasteiger partial charge on any atom is 0.416 e. The lowest BCUT2D eigenvalue weighted by molar-refractivity contribution is -0.138. The molecule has 148 valence electrons. The van der Waals surface area contributed by atoms with Crippen LogP contribution in [0.1, 0.15) is 33.0 Å². The van der Waals surface area contributed by atoms with Crippen LogP contribution in [0.3, 0.4) is 0 Å². The summed E-state index contributed by atoms with van der Waals surface area (Å²) >= 11 is 3.45. The Morgan fingerprint density at radius 1 is 1.18 bits per heavy atom. The van der Waals surface area contributed by atoms with E-state index in [0.29, 0.717) is 6.67 Å². The molecule has 0 atom stereocenters. The Hall–Kier alpha value is -2.62. The molecule has 3 aromatic rings. The molecule has 0 fully saturated rings. The highest BCUT2D eigenvalue weighted by Gasteiger charge is 2.32. The van der Waals surface area contributed by atoms with Crippen molar-refractivity contribution in [3.63, 3.8) is 0 Å². The number of nitrogens with one attached hydrogen (secondary N) is 1. The molecular formula is C18H17BrF3N5O. The van der Waals surface area contributed by atoms with Gasteiger partial charge in [0.2, 0.25) is 0 Å². The molecule has 1 amide bonds. The molecule has 6 nitrogen and oxygen atoms in total. The number of carbonyl (C=O) groups is 1. The van der Waals surface area contributed by atoms with Crippen molar-refractivity contribution in [1.82, 2.24) is 24.9 Å². The summed E-state index contributed by atoms with van der Waals surface area (Å²) in [6.07, 6.45) is -2.86. The Kier molecular flexibility index (Phi) is 5.59. The molecular weight excluding hydrogens is 439 g/mol. The van der Waals surface area contributed by atoms with Gasteiger partial charge in [0.1, 0.15) is 12.4 Å². The number of aryl methyl sites for hydroxylation is 1. The monoisotopic (exact) mass is 455 g/mol. The van der Waals surface area contributed by atoms with Crippen LogP contribution in [0.5, 0.6) is 0 Å². The number of benzene rings is 1. The van der Waals surface area contributed by atoms with Crippen LogP contribution in [0.25, 0.3) is 0 Å². The molecule has 0 unspecified atom stereocenters. The average molecular weight is 456 g/mol. The third-order valence-corrected chi connectivity index (χ3v) is 5.36. The fourth-order valence-electron chi connectivity index (χ4n) is 2.73. The van der Waals surface area contributed by atoms with E-state index in [2.05, 4.69) is 31.4 Å². The lowest BCUT2D eigenvalue weighted by Gasteiger charge is -2.12. The predicted octanol–water partition coefficient (Wildman–Crippen LogP) is 3.91. The number of rotatable bonds is 5. The van der Waals surface area contributed by atoms with Crippen LogP contribution >= 0.6 is 15.9 Å². The third-order valence-electron chi connectivity index (χ3n) is 4.21. The van der Waals surface area contributed by atoms with Gasteiger partial charge in [0.05, 0.1) is 21.4 Å². The van der Waals surface area contributed by atoms with Crippen LogP contribution in [-0.2, 0) is 19.4 Å². The molecule has 0 bridgehead atoms. The number of alkyl halides is 3. The minimum Gasteiger partial charge on any atom is -0.347 e. The largest absolute Gasteiger partial charge is 0.416 e. The fourth-order valence-corrected chi connectivity index (χ4v) is 3.01. The minimum atomic E-state index is -4.48. The summed E-state index contributed by atoms with van der Waals surface area (Å²) in [5, 5.41) is 11.0. The molecule has 0 saturated heterocycles. The molecule has 2 heterocycles. The summed E-state index contributed by atoms with van der Waals surface area (Å²) in [4.78, 5) is 12.3. The van der Waals surface area contributed by atoms with Crippen molar-refractivity contribution in [3.05, 3.63) is 69.2 Å². The smallest absolute Gasteiger partial charge is 0.347 e. The van der Waals surface area contributed by atoms with Crippen molar-refractivity contribution in [2.24, 2.45) is 0 Å². The second-order valence-electron chi connectivity index (χ2n) is 6.20. The van der Waals surface area contributed by atoms with E-state index in [9.17, 15) is 18.0 Å². The Balaban J connectivity index is 1.68. The van der Waals surface area contributed by atoms with Crippen molar-refractivity contribution in [1.29, 1.82) is 0 Å². The van der Waals surface area contributed by atoms with Crippen molar-refractivity contribution >= 4 is 21.8 Å². The number of halogens is 4. The third kappa shape index (κ3) is 4.27. The van der Waals surface area contributed by atoms with E-state index in [1.165, 1.54) is 28.9 Å². The number of amides is 1. The first-order chi connectivity index (χ1) is 13.2. The molecule has 1 aromatic carbocycles. The first kappa shape index (κ1) is 20.1. The zero-order chi connectivity index (χ0) is 20.5. The number of carbonyl (C=O) groups excluding carboxylic acids is 1. The van der Waals surface area contributed by atoms with Gasteiger partial charge in [-0.1, -0.05) is 18.2 Å². The molecule has 28 heavy (non-hydrogen) atoms. The zero-order valence-electron chi connectivity index (χ0n) is 15.1. The lowest BCUT2D eigenvalue weighted by Crippen LogP contribution is -2.25. The van der Waals surface area contributed by atoms with E-state index in [0.717, 1.165) is 21.9 Å². The lowest BCUT2D eigenvalue weighted by atomic mass is 10.1. The number of aromatic nitrogens is 4. The van der Waals surface area contributed by atoms with E-state index >= 15 is 0 Å². The second-order valence-corrected chi connectivity index (χ2v) is 7.00. The van der Waals surface area contributed by atoms with Crippen LogP contribution in [0.4, 0.5) is 13.2 Å². The van der Waals surface area contributed by atoms with E-state index in [-0.39, 0.29) is 17.8 Å². The predicted molar refractivity (Wildman–Crippen MR) is 99.6 cm³/mol. The number of hydrogen-bond donors (Lipinski definition) is 1. The quantitative estimate of drug-likeness (QED) is 0.634. The van der Waals surface area contributed by atoms with Gasteiger partial charge in [0.15, 0.2) is 0 Å². The Morgan fingerprint density at radius 2 is 1.89 bits per heavy atom. The molecule has 0 saturated carbocycles. The first-order valence-corrected chi connectivity index (χ1v) is 9.12. The van der Waals surface area contributed by atoms with Crippen LogP contribution in [-0.4, -0.2) is 25.5 Å². The molecule has 10 heteroatoms. The van der Waals surface area contributed by atoms with Gasteiger partial charge >= 0.3 is 6.18 Å². The van der Waals surface area contributed by atoms with Gasteiger partial charge in [0, 0.05) is 12.7 Å². The van der Waals surface area contributed by atoms with Crippen molar-refractivity contribution < 1.29 is 18.0 Å². The van der Waals surface area contributed by atoms with Gasteiger partial charge in [-0.3, -0.25) is 9.48 Å². The molecule has 0 aliphatic carbocycles. The van der Waals surface area contributed by atoms with Gasteiger partial charge in [-0.05, 0) is 47.5 Å². The highest BCUT2D eigenvalue weighted by atomic mass is 79.9. The summed E-state index contributed by atoms with van der Waals surface area (Å²) in [7, 11) is 0. The van der Waals surface area contributed by atoms with Gasteiger partial charge in [0.25, 0.3) is 5.91 Å². The Labute approximate surface area is 167 Å². The van der Waals surface area contributed by atoms with Gasteiger partial charge in [-0.15, -0.1) is 0 Å². The number of nitrogens with zero attached hydrogens (tertiary/aromatic N) is 4. The highest BCUT2D eigenvalue weighted by molar-refractivity contribution is 9.10. The van der Waals surface area contributed by atoms with Crippen molar-refractivity contribution in [3.8, 4) is 0 Å². The molecule has 0 radical (unpaired) electrons. The summed E-state index contributed by atoms with van der Waals surface area (Å²) in [6.45, 7) is 3.84. The van der Waals surface area contributed by atoms with Crippen molar-refractivity contribution in [2.45, 2.75) is 33.2 Å². The summed E-state index contributed by atoms with van der Waals surface area (Å²) in [5.74, 6) is -0.551. The van der Waals surface area contributed by atoms with E-state index < -0.39 is 17.6 Å². The van der Waals surface area contributed by atoms with Crippen LogP contribution < -0.4 is 5.32 Å². The summed E-state index contributed by atoms with van der Waals surface area (Å²) in [6, 6.07) is 6.64. The summed E-state index contributed by atoms with van der Waals surface area (Å²) in [5.41, 5.74) is 1.10. The Bertz CT molecular complexity index is 1010. The molecule has 3 rings (SSSR count). The highest BCUT2D eigenvalue weighted by Crippen LogP contribution is 2.31. The molecule has 2 aromatic heterocycles. The second kappa shape index (κ2) is 7.78. The van der Waals surface area contributed by atoms with Crippen molar-refractivity contribution in [2.75, 3.05) is 0 Å². The average Bonchev–Trinajstić information content (AvgIpc) is 3.20. The topological polar surface area (TPSA) is 64.7 Å². The van der Waals surface area contributed by atoms with Gasteiger partial charge in [-0.2, -0.15) is 23.4 Å². The standard InChI is InChI=1S/C18H17BrF3N5O/c1-11-16(19)12(2)27(24-11)10-26-8-7-15(25-26)17(28)23-9-13-5-3-4-6-14(13)18(20,21)22/h3-8H,9-10H2,1-2H3,(H,23,28). The SMILES string of the molecule is Cc1nn(Cn2ccc(C(=O)NCc3ccccc3C(F)(F)F)n2)c(C)c1Br.